The average molecular weight is 314 g/mol. The number of benzene rings is 1. The SMILES string of the molecule is Cc1cnc(CNC(=O)[C@H]2C[C@]23CCOc2ccccc23)s1. The van der Waals surface area contributed by atoms with Crippen molar-refractivity contribution in [2.45, 2.75) is 31.7 Å². The lowest BCUT2D eigenvalue weighted by molar-refractivity contribution is -0.123. The molecule has 0 radical (unpaired) electrons. The van der Waals surface area contributed by atoms with Crippen LogP contribution < -0.4 is 10.1 Å². The van der Waals surface area contributed by atoms with Crippen LogP contribution in [-0.2, 0) is 16.8 Å². The molecule has 2 aromatic rings. The summed E-state index contributed by atoms with van der Waals surface area (Å²) in [6.07, 6.45) is 3.70. The number of para-hydroxylation sites is 1. The molecular weight excluding hydrogens is 296 g/mol. The van der Waals surface area contributed by atoms with E-state index in [-0.39, 0.29) is 17.2 Å². The molecule has 1 fully saturated rings. The first-order chi connectivity index (χ1) is 10.7. The maximum absolute atomic E-state index is 12.5. The van der Waals surface area contributed by atoms with Crippen LogP contribution in [0.4, 0.5) is 0 Å². The second-order valence-corrected chi connectivity index (χ2v) is 7.41. The Hall–Kier alpha value is -1.88. The van der Waals surface area contributed by atoms with Crippen LogP contribution in [0, 0.1) is 12.8 Å². The molecule has 1 saturated carbocycles. The minimum Gasteiger partial charge on any atom is -0.493 e. The molecule has 114 valence electrons. The van der Waals surface area contributed by atoms with Gasteiger partial charge in [0.15, 0.2) is 0 Å². The Labute approximate surface area is 133 Å². The molecule has 1 N–H and O–H groups in total. The van der Waals surface area contributed by atoms with Crippen LogP contribution in [0.1, 0.15) is 28.3 Å². The normalized spacial score (nSPS) is 25.4. The molecule has 22 heavy (non-hydrogen) atoms. The van der Waals surface area contributed by atoms with Crippen molar-refractivity contribution in [1.29, 1.82) is 0 Å². The van der Waals surface area contributed by atoms with E-state index in [2.05, 4.69) is 16.4 Å². The van der Waals surface area contributed by atoms with E-state index < -0.39 is 0 Å². The molecule has 1 aromatic heterocycles. The van der Waals surface area contributed by atoms with Gasteiger partial charge in [-0.1, -0.05) is 18.2 Å². The van der Waals surface area contributed by atoms with Crippen LogP contribution in [0.15, 0.2) is 30.5 Å². The third-order valence-corrected chi connectivity index (χ3v) is 5.62. The van der Waals surface area contributed by atoms with Crippen LogP contribution >= 0.6 is 11.3 Å². The summed E-state index contributed by atoms with van der Waals surface area (Å²) >= 11 is 1.63. The fourth-order valence-corrected chi connectivity index (χ4v) is 4.20. The van der Waals surface area contributed by atoms with E-state index in [1.807, 2.05) is 31.3 Å². The summed E-state index contributed by atoms with van der Waals surface area (Å²) < 4.78 is 5.72. The lowest BCUT2D eigenvalue weighted by Gasteiger charge is -2.26. The lowest BCUT2D eigenvalue weighted by Crippen LogP contribution is -2.30. The number of hydrogen-bond donors (Lipinski definition) is 1. The van der Waals surface area contributed by atoms with E-state index in [1.54, 1.807) is 11.3 Å². The largest absolute Gasteiger partial charge is 0.493 e. The minimum atomic E-state index is -0.00226. The summed E-state index contributed by atoms with van der Waals surface area (Å²) in [4.78, 5) is 18.0. The third-order valence-electron chi connectivity index (χ3n) is 4.70. The molecule has 0 saturated heterocycles. The maximum atomic E-state index is 12.5. The summed E-state index contributed by atoms with van der Waals surface area (Å²) in [5.41, 5.74) is 1.20. The number of thiazole rings is 1. The number of fused-ring (bicyclic) bond motifs is 2. The Balaban J connectivity index is 1.46. The highest BCUT2D eigenvalue weighted by molar-refractivity contribution is 7.11. The Kier molecular flexibility index (Phi) is 3.18. The number of carbonyl (C=O) groups excluding carboxylic acids is 1. The molecule has 5 heteroatoms. The predicted octanol–water partition coefficient (Wildman–Crippen LogP) is 2.81. The zero-order chi connectivity index (χ0) is 15.2. The second-order valence-electron chi connectivity index (χ2n) is 6.09. The molecule has 0 unspecified atom stereocenters. The first kappa shape index (κ1) is 13.8. The number of amides is 1. The monoisotopic (exact) mass is 314 g/mol. The van der Waals surface area contributed by atoms with Gasteiger partial charge in [0.25, 0.3) is 0 Å². The number of aromatic nitrogens is 1. The van der Waals surface area contributed by atoms with Crippen LogP contribution in [0.3, 0.4) is 0 Å². The van der Waals surface area contributed by atoms with E-state index in [9.17, 15) is 4.79 Å². The average Bonchev–Trinajstić information content (AvgIpc) is 3.09. The van der Waals surface area contributed by atoms with Gasteiger partial charge in [-0.15, -0.1) is 11.3 Å². The summed E-state index contributed by atoms with van der Waals surface area (Å²) in [6.45, 7) is 3.26. The van der Waals surface area contributed by atoms with Crippen molar-refractivity contribution in [2.75, 3.05) is 6.61 Å². The highest BCUT2D eigenvalue weighted by atomic mass is 32.1. The fourth-order valence-electron chi connectivity index (χ4n) is 3.47. The maximum Gasteiger partial charge on any atom is 0.224 e. The van der Waals surface area contributed by atoms with E-state index in [4.69, 9.17) is 4.74 Å². The molecular formula is C17H18N2O2S. The Morgan fingerprint density at radius 3 is 3.18 bits per heavy atom. The van der Waals surface area contributed by atoms with E-state index in [1.165, 1.54) is 10.4 Å². The van der Waals surface area contributed by atoms with Crippen molar-refractivity contribution >= 4 is 17.2 Å². The van der Waals surface area contributed by atoms with Crippen molar-refractivity contribution in [2.24, 2.45) is 5.92 Å². The number of aryl methyl sites for hydroxylation is 1. The van der Waals surface area contributed by atoms with Gasteiger partial charge in [-0.2, -0.15) is 0 Å². The van der Waals surface area contributed by atoms with Gasteiger partial charge >= 0.3 is 0 Å². The number of carbonyl (C=O) groups is 1. The van der Waals surface area contributed by atoms with Crippen molar-refractivity contribution in [3.63, 3.8) is 0 Å². The summed E-state index contributed by atoms with van der Waals surface area (Å²) in [5, 5.41) is 4.01. The molecule has 0 bridgehead atoms. The molecule has 4 nitrogen and oxygen atoms in total. The second kappa shape index (κ2) is 5.09. The zero-order valence-electron chi connectivity index (χ0n) is 12.5. The van der Waals surface area contributed by atoms with Gasteiger partial charge in [0.2, 0.25) is 5.91 Å². The number of nitrogens with one attached hydrogen (secondary N) is 1. The zero-order valence-corrected chi connectivity index (χ0v) is 13.3. The van der Waals surface area contributed by atoms with Gasteiger partial charge in [-0.25, -0.2) is 4.98 Å². The quantitative estimate of drug-likeness (QED) is 0.948. The van der Waals surface area contributed by atoms with E-state index in [0.717, 1.165) is 23.6 Å². The number of hydrogen-bond acceptors (Lipinski definition) is 4. The Bertz CT molecular complexity index is 727. The molecule has 1 aromatic carbocycles. The highest BCUT2D eigenvalue weighted by Gasteiger charge is 2.60. The summed E-state index contributed by atoms with van der Waals surface area (Å²) in [7, 11) is 0. The Morgan fingerprint density at radius 2 is 2.36 bits per heavy atom. The summed E-state index contributed by atoms with van der Waals surface area (Å²) in [5.74, 6) is 1.16. The van der Waals surface area contributed by atoms with E-state index in [0.29, 0.717) is 13.2 Å². The fraction of sp³-hybridized carbons (Fsp3) is 0.412. The smallest absolute Gasteiger partial charge is 0.224 e. The van der Waals surface area contributed by atoms with Gasteiger partial charge in [0.05, 0.1) is 13.2 Å². The molecule has 1 aliphatic heterocycles. The van der Waals surface area contributed by atoms with Crippen LogP contribution in [0.2, 0.25) is 0 Å². The molecule has 1 spiro atoms. The molecule has 2 atom stereocenters. The highest BCUT2D eigenvalue weighted by Crippen LogP contribution is 2.60. The predicted molar refractivity (Wildman–Crippen MR) is 85.0 cm³/mol. The van der Waals surface area contributed by atoms with Crippen molar-refractivity contribution in [3.05, 3.63) is 45.9 Å². The summed E-state index contributed by atoms with van der Waals surface area (Å²) in [6, 6.07) is 8.12. The van der Waals surface area contributed by atoms with Gasteiger partial charge in [-0.3, -0.25) is 4.79 Å². The van der Waals surface area contributed by atoms with Crippen molar-refractivity contribution in [1.82, 2.24) is 10.3 Å². The number of rotatable bonds is 3. The molecule has 2 heterocycles. The molecule has 1 aliphatic carbocycles. The van der Waals surface area contributed by atoms with Crippen LogP contribution in [0.5, 0.6) is 5.75 Å². The first-order valence-corrected chi connectivity index (χ1v) is 8.42. The minimum absolute atomic E-state index is 0.00226. The van der Waals surface area contributed by atoms with Crippen molar-refractivity contribution in [3.8, 4) is 5.75 Å². The van der Waals surface area contributed by atoms with E-state index >= 15 is 0 Å². The van der Waals surface area contributed by atoms with Crippen molar-refractivity contribution < 1.29 is 9.53 Å². The van der Waals surface area contributed by atoms with Crippen LogP contribution in [0.25, 0.3) is 0 Å². The van der Waals surface area contributed by atoms with Gasteiger partial charge < -0.3 is 10.1 Å². The molecule has 2 aliphatic rings. The molecule has 4 rings (SSSR count). The lowest BCUT2D eigenvalue weighted by atomic mass is 9.87. The standard InChI is InChI=1S/C17H18N2O2S/c1-11-9-18-15(22-11)10-19-16(20)13-8-17(13)6-7-21-14-5-3-2-4-12(14)17/h2-5,9,13H,6-8,10H2,1H3,(H,19,20)/t13-,17+/m1/s1. The Morgan fingerprint density at radius 1 is 1.50 bits per heavy atom. The van der Waals surface area contributed by atoms with Gasteiger partial charge in [0.1, 0.15) is 10.8 Å². The van der Waals surface area contributed by atoms with Gasteiger partial charge in [0, 0.05) is 28.0 Å². The molecule has 1 amide bonds. The third kappa shape index (κ3) is 2.20. The van der Waals surface area contributed by atoms with Crippen LogP contribution in [-0.4, -0.2) is 17.5 Å². The number of ether oxygens (including phenoxy) is 1. The van der Waals surface area contributed by atoms with Gasteiger partial charge in [-0.05, 0) is 25.8 Å². The number of nitrogens with zero attached hydrogens (tertiary/aromatic N) is 1. The first-order valence-electron chi connectivity index (χ1n) is 7.60. The topological polar surface area (TPSA) is 51.2 Å².